The first-order chi connectivity index (χ1) is 8.50. The van der Waals surface area contributed by atoms with Gasteiger partial charge in [-0.25, -0.2) is 4.39 Å². The number of nitrogens with two attached hydrogens (primary N) is 1. The molecular formula is C12H19BrFN3O. The molecule has 0 amide bonds. The molecule has 18 heavy (non-hydrogen) atoms. The summed E-state index contributed by atoms with van der Waals surface area (Å²) in [4.78, 5) is 2.05. The van der Waals surface area contributed by atoms with Crippen molar-refractivity contribution >= 4 is 27.3 Å². The highest BCUT2D eigenvalue weighted by Crippen LogP contribution is 2.26. The highest BCUT2D eigenvalue weighted by molar-refractivity contribution is 9.10. The Morgan fingerprint density at radius 3 is 2.78 bits per heavy atom. The number of nitrogens with one attached hydrogen (secondary N) is 1. The molecular weight excluding hydrogens is 301 g/mol. The summed E-state index contributed by atoms with van der Waals surface area (Å²) in [5.41, 5.74) is 6.86. The number of likely N-dealkylation sites (N-methyl/N-ethyl adjacent to an activating group) is 1. The molecule has 0 unspecified atom stereocenters. The molecule has 1 rings (SSSR count). The fourth-order valence-electron chi connectivity index (χ4n) is 1.32. The molecule has 6 heteroatoms. The van der Waals surface area contributed by atoms with Gasteiger partial charge in [0.2, 0.25) is 0 Å². The molecule has 0 saturated heterocycles. The van der Waals surface area contributed by atoms with Crippen molar-refractivity contribution in [3.63, 3.8) is 0 Å². The van der Waals surface area contributed by atoms with E-state index in [0.717, 1.165) is 6.54 Å². The van der Waals surface area contributed by atoms with Crippen LogP contribution in [-0.2, 0) is 4.74 Å². The van der Waals surface area contributed by atoms with Crippen LogP contribution in [0.1, 0.15) is 0 Å². The standard InChI is InChI=1S/C12H19BrFN3O/c1-17(2)4-6-18-5-3-16-12-8-10(14)9(13)7-11(12)15/h7-8,16H,3-6,15H2,1-2H3. The number of rotatable bonds is 7. The van der Waals surface area contributed by atoms with Crippen molar-refractivity contribution in [3.8, 4) is 0 Å². The van der Waals surface area contributed by atoms with E-state index in [9.17, 15) is 4.39 Å². The molecule has 0 atom stereocenters. The van der Waals surface area contributed by atoms with Crippen molar-refractivity contribution in [2.75, 3.05) is 51.4 Å². The van der Waals surface area contributed by atoms with Crippen LogP contribution in [-0.4, -0.2) is 45.3 Å². The molecule has 0 aliphatic carbocycles. The van der Waals surface area contributed by atoms with Gasteiger partial charge in [0.15, 0.2) is 0 Å². The zero-order valence-corrected chi connectivity index (χ0v) is 12.3. The quantitative estimate of drug-likeness (QED) is 0.597. The second kappa shape index (κ2) is 7.56. The molecule has 0 heterocycles. The van der Waals surface area contributed by atoms with Gasteiger partial charge in [0.25, 0.3) is 0 Å². The largest absolute Gasteiger partial charge is 0.397 e. The van der Waals surface area contributed by atoms with Crippen LogP contribution in [0.5, 0.6) is 0 Å². The van der Waals surface area contributed by atoms with Crippen LogP contribution >= 0.6 is 15.9 Å². The number of halogens is 2. The fraction of sp³-hybridized carbons (Fsp3) is 0.500. The zero-order valence-electron chi connectivity index (χ0n) is 10.7. The minimum Gasteiger partial charge on any atom is -0.397 e. The first-order valence-electron chi connectivity index (χ1n) is 5.71. The Labute approximate surface area is 115 Å². The molecule has 3 N–H and O–H groups in total. The van der Waals surface area contributed by atoms with E-state index in [1.54, 1.807) is 6.07 Å². The maximum Gasteiger partial charge on any atom is 0.139 e. The average Bonchev–Trinajstić information content (AvgIpc) is 2.29. The molecule has 0 aromatic heterocycles. The first kappa shape index (κ1) is 15.2. The average molecular weight is 320 g/mol. The van der Waals surface area contributed by atoms with Crippen molar-refractivity contribution in [1.82, 2.24) is 4.90 Å². The molecule has 4 nitrogen and oxygen atoms in total. The number of hydrogen-bond donors (Lipinski definition) is 2. The first-order valence-corrected chi connectivity index (χ1v) is 6.51. The van der Waals surface area contributed by atoms with Gasteiger partial charge in [-0.15, -0.1) is 0 Å². The van der Waals surface area contributed by atoms with E-state index in [-0.39, 0.29) is 5.82 Å². The monoisotopic (exact) mass is 319 g/mol. The smallest absolute Gasteiger partial charge is 0.139 e. The summed E-state index contributed by atoms with van der Waals surface area (Å²) in [6.45, 7) is 2.72. The number of nitrogen functional groups attached to an aromatic ring is 1. The predicted octanol–water partition coefficient (Wildman–Crippen LogP) is 2.16. The van der Waals surface area contributed by atoms with Crippen LogP contribution in [0.3, 0.4) is 0 Å². The molecule has 0 bridgehead atoms. The molecule has 0 spiro atoms. The molecule has 0 aliphatic rings. The van der Waals surface area contributed by atoms with Gasteiger partial charge in [0.05, 0.1) is 29.1 Å². The van der Waals surface area contributed by atoms with Gasteiger partial charge in [-0.3, -0.25) is 0 Å². The van der Waals surface area contributed by atoms with Crippen LogP contribution in [0.4, 0.5) is 15.8 Å². The SMILES string of the molecule is CN(C)CCOCCNc1cc(F)c(Br)cc1N. The van der Waals surface area contributed by atoms with Crippen LogP contribution in [0.2, 0.25) is 0 Å². The van der Waals surface area contributed by atoms with Crippen molar-refractivity contribution in [2.24, 2.45) is 0 Å². The number of benzene rings is 1. The predicted molar refractivity (Wildman–Crippen MR) is 76.4 cm³/mol. The highest BCUT2D eigenvalue weighted by Gasteiger charge is 2.05. The lowest BCUT2D eigenvalue weighted by atomic mass is 10.2. The third-order valence-electron chi connectivity index (χ3n) is 2.34. The Balaban J connectivity index is 2.29. The Bertz CT molecular complexity index is 388. The van der Waals surface area contributed by atoms with Crippen LogP contribution in [0.25, 0.3) is 0 Å². The van der Waals surface area contributed by atoms with Crippen molar-refractivity contribution in [3.05, 3.63) is 22.4 Å². The van der Waals surface area contributed by atoms with Gasteiger partial charge in [0.1, 0.15) is 5.82 Å². The van der Waals surface area contributed by atoms with Crippen molar-refractivity contribution in [1.29, 1.82) is 0 Å². The van der Waals surface area contributed by atoms with Crippen molar-refractivity contribution < 1.29 is 9.13 Å². The van der Waals surface area contributed by atoms with Crippen LogP contribution in [0.15, 0.2) is 16.6 Å². The van der Waals surface area contributed by atoms with E-state index in [2.05, 4.69) is 26.1 Å². The lowest BCUT2D eigenvalue weighted by molar-refractivity contribution is 0.126. The van der Waals surface area contributed by atoms with Crippen molar-refractivity contribution in [2.45, 2.75) is 0 Å². The highest BCUT2D eigenvalue weighted by atomic mass is 79.9. The molecule has 0 radical (unpaired) electrons. The Morgan fingerprint density at radius 1 is 1.39 bits per heavy atom. The minimum atomic E-state index is -0.333. The maximum atomic E-state index is 13.3. The minimum absolute atomic E-state index is 0.333. The van der Waals surface area contributed by atoms with Gasteiger partial charge in [0, 0.05) is 19.2 Å². The Morgan fingerprint density at radius 2 is 2.11 bits per heavy atom. The third-order valence-corrected chi connectivity index (χ3v) is 2.94. The molecule has 0 fully saturated rings. The summed E-state index contributed by atoms with van der Waals surface area (Å²) in [5.74, 6) is -0.333. The summed E-state index contributed by atoms with van der Waals surface area (Å²) in [6, 6.07) is 2.92. The summed E-state index contributed by atoms with van der Waals surface area (Å²) in [7, 11) is 3.99. The maximum absolute atomic E-state index is 13.3. The molecule has 102 valence electrons. The van der Waals surface area contributed by atoms with Crippen LogP contribution in [0, 0.1) is 5.82 Å². The normalized spacial score (nSPS) is 10.9. The third kappa shape index (κ3) is 5.20. The topological polar surface area (TPSA) is 50.5 Å². The van der Waals surface area contributed by atoms with Gasteiger partial charge in [-0.2, -0.15) is 0 Å². The van der Waals surface area contributed by atoms with E-state index in [4.69, 9.17) is 10.5 Å². The van der Waals surface area contributed by atoms with Gasteiger partial charge < -0.3 is 20.7 Å². The molecule has 0 saturated carbocycles. The molecule has 1 aromatic carbocycles. The van der Waals surface area contributed by atoms with E-state index in [1.165, 1.54) is 6.07 Å². The van der Waals surface area contributed by atoms with E-state index in [0.29, 0.717) is 35.6 Å². The molecule has 0 aliphatic heterocycles. The molecule has 1 aromatic rings. The number of anilines is 2. The summed E-state index contributed by atoms with van der Waals surface area (Å²) < 4.78 is 19.1. The van der Waals surface area contributed by atoms with Crippen LogP contribution < -0.4 is 11.1 Å². The summed E-state index contributed by atoms with van der Waals surface area (Å²) in [6.07, 6.45) is 0. The second-order valence-electron chi connectivity index (χ2n) is 4.20. The number of ether oxygens (including phenoxy) is 1. The van der Waals surface area contributed by atoms with Gasteiger partial charge >= 0.3 is 0 Å². The summed E-state index contributed by atoms with van der Waals surface area (Å²) in [5, 5.41) is 3.04. The zero-order chi connectivity index (χ0) is 13.5. The van der Waals surface area contributed by atoms with Gasteiger partial charge in [-0.1, -0.05) is 0 Å². The second-order valence-corrected chi connectivity index (χ2v) is 5.05. The fourth-order valence-corrected chi connectivity index (χ4v) is 1.68. The lowest BCUT2D eigenvalue weighted by Crippen LogP contribution is -2.20. The Kier molecular flexibility index (Phi) is 6.38. The van der Waals surface area contributed by atoms with E-state index < -0.39 is 0 Å². The van der Waals surface area contributed by atoms with E-state index >= 15 is 0 Å². The van der Waals surface area contributed by atoms with E-state index in [1.807, 2.05) is 14.1 Å². The lowest BCUT2D eigenvalue weighted by Gasteiger charge is -2.12. The summed E-state index contributed by atoms with van der Waals surface area (Å²) >= 11 is 3.08. The number of hydrogen-bond acceptors (Lipinski definition) is 4. The Hall–Kier alpha value is -0.850. The van der Waals surface area contributed by atoms with Gasteiger partial charge in [-0.05, 0) is 36.1 Å². The number of nitrogens with zero attached hydrogens (tertiary/aromatic N) is 1.